The van der Waals surface area contributed by atoms with Gasteiger partial charge in [0.05, 0.1) is 7.11 Å². The molecule has 1 aliphatic carbocycles. The minimum absolute atomic E-state index is 0.292. The van der Waals surface area contributed by atoms with E-state index in [0.29, 0.717) is 19.2 Å². The molecule has 2 aromatic rings. The van der Waals surface area contributed by atoms with Crippen molar-refractivity contribution in [3.8, 4) is 11.6 Å². The van der Waals surface area contributed by atoms with Crippen LogP contribution in [-0.4, -0.2) is 31.2 Å². The number of aryl methyl sites for hydroxylation is 1. The van der Waals surface area contributed by atoms with Crippen LogP contribution in [0.1, 0.15) is 42.4 Å². The van der Waals surface area contributed by atoms with Gasteiger partial charge in [-0.1, -0.05) is 18.2 Å². The molecule has 0 unspecified atom stereocenters. The van der Waals surface area contributed by atoms with Crippen LogP contribution in [-0.2, 0) is 13.1 Å². The molecule has 6 nitrogen and oxygen atoms in total. The number of nitrogens with zero attached hydrogens (tertiary/aromatic N) is 2. The van der Waals surface area contributed by atoms with Gasteiger partial charge in [0.15, 0.2) is 5.96 Å². The maximum atomic E-state index is 6.12. The number of rotatable bonds is 7. The van der Waals surface area contributed by atoms with Crippen LogP contribution in [0.2, 0.25) is 0 Å². The van der Waals surface area contributed by atoms with Gasteiger partial charge in [-0.2, -0.15) is 0 Å². The van der Waals surface area contributed by atoms with E-state index in [-0.39, 0.29) is 0 Å². The van der Waals surface area contributed by atoms with Crippen molar-refractivity contribution in [1.29, 1.82) is 0 Å². The maximum Gasteiger partial charge on any atom is 0.218 e. The number of hydrogen-bond donors (Lipinski definition) is 2. The Morgan fingerprint density at radius 1 is 1.14 bits per heavy atom. The summed E-state index contributed by atoms with van der Waals surface area (Å²) in [6, 6.07) is 10.2. The first-order valence-corrected chi connectivity index (χ1v) is 9.88. The highest BCUT2D eigenvalue weighted by Crippen LogP contribution is 2.25. The fourth-order valence-electron chi connectivity index (χ4n) is 3.41. The third-order valence-corrected chi connectivity index (χ3v) is 4.99. The first kappa shape index (κ1) is 20.0. The monoisotopic (exact) mass is 382 g/mol. The molecule has 0 amide bonds. The smallest absolute Gasteiger partial charge is 0.218 e. The van der Waals surface area contributed by atoms with Crippen molar-refractivity contribution in [2.24, 2.45) is 4.99 Å². The molecule has 0 spiro atoms. The lowest BCUT2D eigenvalue weighted by molar-refractivity contribution is 0.199. The van der Waals surface area contributed by atoms with E-state index in [0.717, 1.165) is 41.6 Å². The number of ether oxygens (including phenoxy) is 2. The fraction of sp³-hybridized carbons (Fsp3) is 0.455. The van der Waals surface area contributed by atoms with Crippen molar-refractivity contribution in [2.45, 2.75) is 51.8 Å². The molecular weight excluding hydrogens is 352 g/mol. The van der Waals surface area contributed by atoms with Crippen LogP contribution in [0.15, 0.2) is 41.5 Å². The van der Waals surface area contributed by atoms with Crippen LogP contribution < -0.4 is 20.1 Å². The summed E-state index contributed by atoms with van der Waals surface area (Å²) >= 11 is 0. The van der Waals surface area contributed by atoms with Gasteiger partial charge in [0.1, 0.15) is 11.9 Å². The van der Waals surface area contributed by atoms with Gasteiger partial charge in [-0.25, -0.2) is 4.98 Å². The number of hydrogen-bond acceptors (Lipinski definition) is 4. The lowest BCUT2D eigenvalue weighted by atomic mass is 10.1. The van der Waals surface area contributed by atoms with E-state index < -0.39 is 0 Å². The highest BCUT2D eigenvalue weighted by molar-refractivity contribution is 5.79. The summed E-state index contributed by atoms with van der Waals surface area (Å²) in [7, 11) is 3.46. The van der Waals surface area contributed by atoms with Crippen molar-refractivity contribution in [2.75, 3.05) is 14.2 Å². The fourth-order valence-corrected chi connectivity index (χ4v) is 3.41. The zero-order chi connectivity index (χ0) is 19.8. The Labute approximate surface area is 167 Å². The van der Waals surface area contributed by atoms with E-state index in [2.05, 4.69) is 39.7 Å². The van der Waals surface area contributed by atoms with Gasteiger partial charge in [0.2, 0.25) is 5.88 Å². The van der Waals surface area contributed by atoms with Crippen LogP contribution >= 0.6 is 0 Å². The SMILES string of the molecule is CN=C(NCc1ccc(C)cc1OC)NCc1cccnc1OC1CCCC1. The summed E-state index contributed by atoms with van der Waals surface area (Å²) < 4.78 is 11.6. The van der Waals surface area contributed by atoms with Crippen LogP contribution in [0.3, 0.4) is 0 Å². The Bertz CT molecular complexity index is 801. The van der Waals surface area contributed by atoms with Crippen molar-refractivity contribution < 1.29 is 9.47 Å². The standard InChI is InChI=1S/C22H30N4O2/c1-16-10-11-17(20(13-16)27-3)14-25-22(23-2)26-15-18-7-6-12-24-21(18)28-19-8-4-5-9-19/h6-7,10-13,19H,4-5,8-9,14-15H2,1-3H3,(H2,23,25,26). The minimum atomic E-state index is 0.292. The molecule has 0 radical (unpaired) electrons. The molecule has 1 saturated carbocycles. The van der Waals surface area contributed by atoms with Crippen molar-refractivity contribution in [3.05, 3.63) is 53.2 Å². The molecule has 1 fully saturated rings. The third kappa shape index (κ3) is 5.38. The van der Waals surface area contributed by atoms with Crippen molar-refractivity contribution in [1.82, 2.24) is 15.6 Å². The Morgan fingerprint density at radius 3 is 2.61 bits per heavy atom. The number of methoxy groups -OCH3 is 1. The molecule has 3 rings (SSSR count). The molecule has 0 atom stereocenters. The van der Waals surface area contributed by atoms with Gasteiger partial charge in [-0.3, -0.25) is 4.99 Å². The van der Waals surface area contributed by atoms with Crippen molar-refractivity contribution in [3.63, 3.8) is 0 Å². The Hall–Kier alpha value is -2.76. The molecule has 1 aromatic heterocycles. The number of nitrogens with one attached hydrogen (secondary N) is 2. The topological polar surface area (TPSA) is 67.8 Å². The lowest BCUT2D eigenvalue weighted by Crippen LogP contribution is -2.36. The first-order valence-electron chi connectivity index (χ1n) is 9.88. The second-order valence-corrected chi connectivity index (χ2v) is 7.09. The number of aromatic nitrogens is 1. The van der Waals surface area contributed by atoms with Crippen LogP contribution in [0.5, 0.6) is 11.6 Å². The molecule has 1 heterocycles. The van der Waals surface area contributed by atoms with E-state index in [1.165, 1.54) is 18.4 Å². The van der Waals surface area contributed by atoms with Crippen molar-refractivity contribution >= 4 is 5.96 Å². The molecule has 1 aromatic carbocycles. The Morgan fingerprint density at radius 2 is 1.89 bits per heavy atom. The average Bonchev–Trinajstić information content (AvgIpc) is 3.23. The predicted molar refractivity (Wildman–Crippen MR) is 112 cm³/mol. The van der Waals surface area contributed by atoms with Crippen LogP contribution in [0, 0.1) is 6.92 Å². The van der Waals surface area contributed by atoms with Crippen LogP contribution in [0.25, 0.3) is 0 Å². The largest absolute Gasteiger partial charge is 0.496 e. The highest BCUT2D eigenvalue weighted by atomic mass is 16.5. The van der Waals surface area contributed by atoms with E-state index in [9.17, 15) is 0 Å². The van der Waals surface area contributed by atoms with Gasteiger partial charge < -0.3 is 20.1 Å². The Kier molecular flexibility index (Phi) is 7.12. The second kappa shape index (κ2) is 9.97. The summed E-state index contributed by atoms with van der Waals surface area (Å²) in [5, 5.41) is 6.69. The van der Waals surface area contributed by atoms with E-state index in [4.69, 9.17) is 9.47 Å². The summed E-state index contributed by atoms with van der Waals surface area (Å²) in [5.74, 6) is 2.32. The minimum Gasteiger partial charge on any atom is -0.496 e. The predicted octanol–water partition coefficient (Wildman–Crippen LogP) is 3.59. The number of benzene rings is 1. The van der Waals surface area contributed by atoms with Gasteiger partial charge in [0, 0.05) is 37.5 Å². The summed E-state index contributed by atoms with van der Waals surface area (Å²) in [5.41, 5.74) is 3.29. The first-order chi connectivity index (χ1) is 13.7. The highest BCUT2D eigenvalue weighted by Gasteiger charge is 2.18. The summed E-state index contributed by atoms with van der Waals surface area (Å²) in [6.45, 7) is 3.28. The molecule has 28 heavy (non-hydrogen) atoms. The third-order valence-electron chi connectivity index (χ3n) is 4.99. The molecule has 1 aliphatic rings. The molecule has 2 N–H and O–H groups in total. The second-order valence-electron chi connectivity index (χ2n) is 7.09. The zero-order valence-corrected chi connectivity index (χ0v) is 17.0. The lowest BCUT2D eigenvalue weighted by Gasteiger charge is -2.17. The molecule has 0 saturated heterocycles. The molecule has 150 valence electrons. The number of pyridine rings is 1. The number of aliphatic imine (C=N–C) groups is 1. The molecular formula is C22H30N4O2. The van der Waals surface area contributed by atoms with Crippen LogP contribution in [0.4, 0.5) is 0 Å². The van der Waals surface area contributed by atoms with Gasteiger partial charge in [-0.15, -0.1) is 0 Å². The average molecular weight is 383 g/mol. The maximum absolute atomic E-state index is 6.12. The Balaban J connectivity index is 1.57. The van der Waals surface area contributed by atoms with Gasteiger partial charge in [0.25, 0.3) is 0 Å². The zero-order valence-electron chi connectivity index (χ0n) is 17.0. The van der Waals surface area contributed by atoms with E-state index >= 15 is 0 Å². The molecule has 0 bridgehead atoms. The van der Waals surface area contributed by atoms with E-state index in [1.807, 2.05) is 18.2 Å². The quantitative estimate of drug-likeness (QED) is 0.566. The molecule has 0 aliphatic heterocycles. The van der Waals surface area contributed by atoms with Gasteiger partial charge in [-0.05, 0) is 50.3 Å². The van der Waals surface area contributed by atoms with Gasteiger partial charge >= 0.3 is 0 Å². The summed E-state index contributed by atoms with van der Waals surface area (Å²) in [6.07, 6.45) is 6.79. The number of guanidine groups is 1. The normalized spacial score (nSPS) is 14.8. The van der Waals surface area contributed by atoms with E-state index in [1.54, 1.807) is 20.4 Å². The summed E-state index contributed by atoms with van der Waals surface area (Å²) in [4.78, 5) is 8.75. The molecule has 6 heteroatoms.